The van der Waals surface area contributed by atoms with Crippen LogP contribution < -0.4 is 31.2 Å². The molecule has 3 aromatic rings. The van der Waals surface area contributed by atoms with Gasteiger partial charge in [-0.25, -0.2) is 18.0 Å². The van der Waals surface area contributed by atoms with Crippen LogP contribution in [-0.2, 0) is 26.0 Å². The molecule has 0 aromatic heterocycles. The van der Waals surface area contributed by atoms with Crippen LogP contribution in [0.2, 0.25) is 0 Å². The number of hydrogen-bond donors (Lipinski definition) is 5. The van der Waals surface area contributed by atoms with Crippen molar-refractivity contribution < 1.29 is 55.3 Å². The lowest BCUT2D eigenvalue weighted by molar-refractivity contribution is -0.192. The van der Waals surface area contributed by atoms with E-state index in [-0.39, 0.29) is 17.0 Å². The molecule has 14 nitrogen and oxygen atoms in total. The zero-order valence-corrected chi connectivity index (χ0v) is 28.7. The summed E-state index contributed by atoms with van der Waals surface area (Å²) in [6.07, 6.45) is -5.08. The van der Waals surface area contributed by atoms with Crippen LogP contribution >= 0.6 is 0 Å². The second-order valence-corrected chi connectivity index (χ2v) is 13.4. The number of carboxylic acids is 1. The van der Waals surface area contributed by atoms with E-state index in [2.05, 4.69) is 16.0 Å². The Kier molecular flexibility index (Phi) is 14.0. The van der Waals surface area contributed by atoms with Crippen LogP contribution in [0.5, 0.6) is 11.5 Å². The first-order valence-corrected chi connectivity index (χ1v) is 16.1. The Morgan fingerprint density at radius 1 is 0.920 bits per heavy atom. The molecule has 0 spiro atoms. The van der Waals surface area contributed by atoms with Gasteiger partial charge < -0.3 is 41.2 Å². The fraction of sp³-hybridized carbons (Fsp3) is 0.312. The Balaban J connectivity index is 0.00000112. The van der Waals surface area contributed by atoms with Gasteiger partial charge in [0, 0.05) is 37.6 Å². The molecule has 3 aromatic carbocycles. The number of hydrogen-bond acceptors (Lipinski definition) is 9. The van der Waals surface area contributed by atoms with Crippen LogP contribution in [-0.4, -0.2) is 82.0 Å². The van der Waals surface area contributed by atoms with Gasteiger partial charge in [0.1, 0.15) is 6.04 Å². The largest absolute Gasteiger partial charge is 0.493 e. The van der Waals surface area contributed by atoms with Gasteiger partial charge in [-0.1, -0.05) is 12.1 Å². The molecular formula is C32H38F3N5O9S. The number of nitrogens with two attached hydrogens (primary N) is 1. The standard InChI is InChI=1S/C30H37N5O7S.C2HF3O2/c1-18(2)43(39,40)26-13-11-23(34-30(38)35(3)4)15-21(26)17-32-29(37)27(19-10-12-24(41-5)25(16-19)42-6)33-22-9-7-8-20(14-22)28(31)36;3-2(4,5)1(6)7/h7-16,18,27,33H,17H2,1-6H3,(H2,31,36)(H,32,37)(H,34,38);(H,6,7). The van der Waals surface area contributed by atoms with E-state index >= 15 is 0 Å². The van der Waals surface area contributed by atoms with E-state index in [4.69, 9.17) is 25.1 Å². The summed E-state index contributed by atoms with van der Waals surface area (Å²) in [6.45, 7) is 2.96. The number of methoxy groups -OCH3 is 2. The molecule has 0 saturated carbocycles. The molecule has 0 saturated heterocycles. The lowest BCUT2D eigenvalue weighted by Gasteiger charge is -2.22. The number of carbonyl (C=O) groups is 4. The predicted octanol–water partition coefficient (Wildman–Crippen LogP) is 4.18. The second kappa shape index (κ2) is 17.2. The highest BCUT2D eigenvalue weighted by atomic mass is 32.2. The van der Waals surface area contributed by atoms with Gasteiger partial charge in [0.15, 0.2) is 21.3 Å². The molecule has 0 aliphatic rings. The number of primary amides is 1. The van der Waals surface area contributed by atoms with Gasteiger partial charge in [-0.3, -0.25) is 9.59 Å². The van der Waals surface area contributed by atoms with E-state index in [1.54, 1.807) is 64.3 Å². The summed E-state index contributed by atoms with van der Waals surface area (Å²) in [5.74, 6) is -3.04. The van der Waals surface area contributed by atoms with Crippen LogP contribution in [0.25, 0.3) is 0 Å². The van der Waals surface area contributed by atoms with Crippen LogP contribution in [0.3, 0.4) is 0 Å². The maximum atomic E-state index is 13.8. The number of anilines is 2. The number of nitrogens with one attached hydrogen (secondary N) is 3. The average Bonchev–Trinajstić information content (AvgIpc) is 3.05. The van der Waals surface area contributed by atoms with Crippen molar-refractivity contribution in [2.75, 3.05) is 38.9 Å². The van der Waals surface area contributed by atoms with Gasteiger partial charge in [-0.05, 0) is 73.5 Å². The van der Waals surface area contributed by atoms with Crippen LogP contribution in [0, 0.1) is 0 Å². The molecule has 1 unspecified atom stereocenters. The fourth-order valence-electron chi connectivity index (χ4n) is 4.11. The molecule has 0 bridgehead atoms. The average molecular weight is 726 g/mol. The predicted molar refractivity (Wildman–Crippen MR) is 178 cm³/mol. The van der Waals surface area contributed by atoms with Gasteiger partial charge in [-0.2, -0.15) is 13.2 Å². The summed E-state index contributed by atoms with van der Waals surface area (Å²) in [5, 5.41) is 15.1. The molecule has 6 N–H and O–H groups in total. The molecule has 3 rings (SSSR count). The minimum Gasteiger partial charge on any atom is -0.493 e. The Morgan fingerprint density at radius 2 is 1.54 bits per heavy atom. The van der Waals surface area contributed by atoms with E-state index in [9.17, 15) is 36.0 Å². The second-order valence-electron chi connectivity index (χ2n) is 10.9. The van der Waals surface area contributed by atoms with Crippen molar-refractivity contribution in [2.45, 2.75) is 42.8 Å². The number of ether oxygens (including phenoxy) is 2. The third-order valence-electron chi connectivity index (χ3n) is 6.80. The quantitative estimate of drug-likeness (QED) is 0.180. The molecule has 0 heterocycles. The zero-order chi connectivity index (χ0) is 38.0. The summed E-state index contributed by atoms with van der Waals surface area (Å²) in [5.41, 5.74) is 7.29. The van der Waals surface area contributed by atoms with Crippen molar-refractivity contribution in [1.82, 2.24) is 10.2 Å². The normalized spacial score (nSPS) is 11.7. The molecule has 0 aliphatic heterocycles. The number of rotatable bonds is 12. The number of carboxylic acid groups (broad SMARTS) is 1. The van der Waals surface area contributed by atoms with Crippen molar-refractivity contribution >= 4 is 45.0 Å². The summed E-state index contributed by atoms with van der Waals surface area (Å²) in [4.78, 5) is 48.0. The SMILES string of the molecule is COc1ccc(C(Nc2cccc(C(N)=O)c2)C(=O)NCc2cc(NC(=O)N(C)C)ccc2S(=O)(=O)C(C)C)cc1OC.O=C(O)C(F)(F)F. The van der Waals surface area contributed by atoms with Gasteiger partial charge in [0.05, 0.1) is 24.4 Å². The van der Waals surface area contributed by atoms with Gasteiger partial charge in [0.25, 0.3) is 0 Å². The Labute approximate surface area is 286 Å². The molecule has 4 amide bonds. The smallest absolute Gasteiger partial charge is 0.490 e. The molecule has 0 aliphatic carbocycles. The highest BCUT2D eigenvalue weighted by molar-refractivity contribution is 7.92. The molecule has 18 heteroatoms. The van der Waals surface area contributed by atoms with E-state index in [1.165, 1.54) is 43.4 Å². The Hall–Kier alpha value is -5.52. The number of carbonyl (C=O) groups excluding carboxylic acids is 3. The first-order chi connectivity index (χ1) is 23.2. The van der Waals surface area contributed by atoms with Crippen molar-refractivity contribution in [3.63, 3.8) is 0 Å². The summed E-state index contributed by atoms with van der Waals surface area (Å²) >= 11 is 0. The first-order valence-electron chi connectivity index (χ1n) is 14.5. The lowest BCUT2D eigenvalue weighted by Crippen LogP contribution is -2.34. The number of sulfone groups is 1. The topological polar surface area (TPSA) is 206 Å². The van der Waals surface area contributed by atoms with Gasteiger partial charge in [-0.15, -0.1) is 0 Å². The number of aliphatic carboxylic acids is 1. The minimum absolute atomic E-state index is 0.0374. The van der Waals surface area contributed by atoms with Crippen LogP contribution in [0.15, 0.2) is 65.6 Å². The summed E-state index contributed by atoms with van der Waals surface area (Å²) in [7, 11) is 2.39. The van der Waals surface area contributed by atoms with E-state index in [0.29, 0.717) is 34.0 Å². The molecule has 272 valence electrons. The fourth-order valence-corrected chi connectivity index (χ4v) is 5.37. The number of amides is 4. The number of nitrogens with zero attached hydrogens (tertiary/aromatic N) is 1. The highest BCUT2D eigenvalue weighted by Crippen LogP contribution is 2.32. The molecule has 0 radical (unpaired) electrons. The van der Waals surface area contributed by atoms with Crippen molar-refractivity contribution in [1.29, 1.82) is 0 Å². The minimum atomic E-state index is -5.08. The summed E-state index contributed by atoms with van der Waals surface area (Å²) < 4.78 is 68.8. The zero-order valence-electron chi connectivity index (χ0n) is 27.9. The van der Waals surface area contributed by atoms with Gasteiger partial charge >= 0.3 is 18.2 Å². The van der Waals surface area contributed by atoms with Crippen molar-refractivity contribution in [3.8, 4) is 11.5 Å². The molecule has 1 atom stereocenters. The first kappa shape index (κ1) is 40.7. The number of benzene rings is 3. The van der Waals surface area contributed by atoms with Crippen molar-refractivity contribution in [2.24, 2.45) is 5.73 Å². The Morgan fingerprint density at radius 3 is 2.06 bits per heavy atom. The third kappa shape index (κ3) is 11.0. The maximum absolute atomic E-state index is 13.8. The van der Waals surface area contributed by atoms with E-state index in [0.717, 1.165) is 0 Å². The van der Waals surface area contributed by atoms with Gasteiger partial charge in [0.2, 0.25) is 11.8 Å². The van der Waals surface area contributed by atoms with Crippen LogP contribution in [0.4, 0.5) is 29.3 Å². The number of urea groups is 1. The lowest BCUT2D eigenvalue weighted by atomic mass is 10.0. The number of alkyl halides is 3. The highest BCUT2D eigenvalue weighted by Gasteiger charge is 2.38. The summed E-state index contributed by atoms with van der Waals surface area (Å²) in [6, 6.07) is 14.4. The van der Waals surface area contributed by atoms with E-state index in [1.807, 2.05) is 0 Å². The third-order valence-corrected chi connectivity index (χ3v) is 9.05. The molecule has 0 fully saturated rings. The monoisotopic (exact) mass is 725 g/mol. The Bertz CT molecular complexity index is 1820. The van der Waals surface area contributed by atoms with E-state index < -0.39 is 51.1 Å². The van der Waals surface area contributed by atoms with Crippen molar-refractivity contribution in [3.05, 3.63) is 77.4 Å². The molecule has 50 heavy (non-hydrogen) atoms. The molecular weight excluding hydrogens is 687 g/mol. The number of halogens is 3. The van der Waals surface area contributed by atoms with Crippen LogP contribution in [0.1, 0.15) is 41.4 Å². The maximum Gasteiger partial charge on any atom is 0.490 e.